The molecular formula is C27H33N5O3. The standard InChI is InChI=1S/C27H33N5O3/c1-4-15-35-16-7-14-28-26(33)19-10-12-21(13-11-19)30-27-29-18-20-17-24(34-3)32(2)23-9-6-5-8-22(23)25(20)31-27/h5-6,8-13,18,24H,4,7,14-17H2,1-3H3,(H,28,33)(H,29,30,31). The summed E-state index contributed by atoms with van der Waals surface area (Å²) < 4.78 is 11.2. The van der Waals surface area contributed by atoms with Crippen molar-refractivity contribution in [3.8, 4) is 11.3 Å². The van der Waals surface area contributed by atoms with E-state index in [1.807, 2.05) is 37.5 Å². The molecular weight excluding hydrogens is 442 g/mol. The van der Waals surface area contributed by atoms with Crippen molar-refractivity contribution in [1.29, 1.82) is 0 Å². The van der Waals surface area contributed by atoms with Gasteiger partial charge >= 0.3 is 0 Å². The minimum Gasteiger partial charge on any atom is -0.381 e. The van der Waals surface area contributed by atoms with Gasteiger partial charge < -0.3 is 25.0 Å². The largest absolute Gasteiger partial charge is 0.381 e. The molecule has 8 nitrogen and oxygen atoms in total. The summed E-state index contributed by atoms with van der Waals surface area (Å²) in [7, 11) is 3.75. The zero-order chi connectivity index (χ0) is 24.6. The molecule has 1 aromatic heterocycles. The van der Waals surface area contributed by atoms with Gasteiger partial charge in [0.05, 0.1) is 5.69 Å². The van der Waals surface area contributed by atoms with Crippen molar-refractivity contribution in [2.75, 3.05) is 44.1 Å². The molecule has 0 fully saturated rings. The molecule has 0 bridgehead atoms. The number of ether oxygens (including phenoxy) is 2. The van der Waals surface area contributed by atoms with Gasteiger partial charge in [0, 0.05) is 74.6 Å². The van der Waals surface area contributed by atoms with Gasteiger partial charge in [-0.2, -0.15) is 0 Å². The van der Waals surface area contributed by atoms with Crippen LogP contribution in [0.15, 0.2) is 54.7 Å². The Labute approximate surface area is 206 Å². The van der Waals surface area contributed by atoms with Gasteiger partial charge in [0.15, 0.2) is 0 Å². The first-order valence-corrected chi connectivity index (χ1v) is 12.0. The van der Waals surface area contributed by atoms with E-state index >= 15 is 0 Å². The number of anilines is 3. The topological polar surface area (TPSA) is 88.6 Å². The maximum atomic E-state index is 12.4. The van der Waals surface area contributed by atoms with Crippen LogP contribution in [0.5, 0.6) is 0 Å². The highest BCUT2D eigenvalue weighted by Crippen LogP contribution is 2.37. The zero-order valence-electron chi connectivity index (χ0n) is 20.6. The number of carbonyl (C=O) groups excluding carboxylic acids is 1. The molecule has 0 spiro atoms. The van der Waals surface area contributed by atoms with Gasteiger partial charge in [-0.3, -0.25) is 4.79 Å². The molecule has 0 saturated heterocycles. The zero-order valence-corrected chi connectivity index (χ0v) is 20.6. The summed E-state index contributed by atoms with van der Waals surface area (Å²) in [5.41, 5.74) is 5.45. The summed E-state index contributed by atoms with van der Waals surface area (Å²) in [6, 6.07) is 15.5. The lowest BCUT2D eigenvalue weighted by atomic mass is 10.1. The molecule has 4 rings (SSSR count). The fourth-order valence-corrected chi connectivity index (χ4v) is 4.11. The number of aromatic nitrogens is 2. The number of likely N-dealkylation sites (N-methyl/N-ethyl adjacent to an activating group) is 1. The Morgan fingerprint density at radius 1 is 1.14 bits per heavy atom. The number of hydrogen-bond donors (Lipinski definition) is 2. The van der Waals surface area contributed by atoms with Crippen molar-refractivity contribution in [3.05, 3.63) is 65.9 Å². The molecule has 0 saturated carbocycles. The monoisotopic (exact) mass is 475 g/mol. The van der Waals surface area contributed by atoms with E-state index in [0.29, 0.717) is 31.1 Å². The Kier molecular flexibility index (Phi) is 8.28. The summed E-state index contributed by atoms with van der Waals surface area (Å²) in [6.45, 7) is 4.08. The highest BCUT2D eigenvalue weighted by Gasteiger charge is 2.26. The molecule has 0 aliphatic carbocycles. The molecule has 1 aliphatic rings. The Morgan fingerprint density at radius 3 is 2.71 bits per heavy atom. The third-order valence-electron chi connectivity index (χ3n) is 6.00. The fourth-order valence-electron chi connectivity index (χ4n) is 4.11. The quantitative estimate of drug-likeness (QED) is 0.420. The van der Waals surface area contributed by atoms with Crippen LogP contribution in [-0.2, 0) is 15.9 Å². The van der Waals surface area contributed by atoms with Crippen LogP contribution in [0.3, 0.4) is 0 Å². The predicted octanol–water partition coefficient (Wildman–Crippen LogP) is 4.40. The Bertz CT molecular complexity index is 1140. The number of rotatable bonds is 10. The smallest absolute Gasteiger partial charge is 0.251 e. The van der Waals surface area contributed by atoms with Gasteiger partial charge in [-0.25, -0.2) is 9.97 Å². The second kappa shape index (κ2) is 11.8. The SMILES string of the molecule is CCCOCCCNC(=O)c1ccc(Nc2ncc3c(n2)-c2ccccc2N(C)C(OC)C3)cc1. The number of fused-ring (bicyclic) bond motifs is 3. The summed E-state index contributed by atoms with van der Waals surface area (Å²) in [5, 5.41) is 6.19. The van der Waals surface area contributed by atoms with Gasteiger partial charge in [-0.1, -0.05) is 25.1 Å². The van der Waals surface area contributed by atoms with Crippen molar-refractivity contribution in [2.24, 2.45) is 0 Å². The Balaban J connectivity index is 1.44. The van der Waals surface area contributed by atoms with Crippen molar-refractivity contribution in [3.63, 3.8) is 0 Å². The second-order valence-electron chi connectivity index (χ2n) is 8.51. The Morgan fingerprint density at radius 2 is 1.94 bits per heavy atom. The molecule has 0 radical (unpaired) electrons. The predicted molar refractivity (Wildman–Crippen MR) is 138 cm³/mol. The van der Waals surface area contributed by atoms with Crippen LogP contribution in [-0.4, -0.2) is 56.0 Å². The molecule has 35 heavy (non-hydrogen) atoms. The number of nitrogens with one attached hydrogen (secondary N) is 2. The number of nitrogens with zero attached hydrogens (tertiary/aromatic N) is 3. The number of hydrogen-bond acceptors (Lipinski definition) is 7. The normalized spacial score (nSPS) is 14.6. The molecule has 1 amide bonds. The Hall–Kier alpha value is -3.49. The highest BCUT2D eigenvalue weighted by atomic mass is 16.5. The average molecular weight is 476 g/mol. The molecule has 1 aliphatic heterocycles. The van der Waals surface area contributed by atoms with E-state index in [-0.39, 0.29) is 12.1 Å². The molecule has 2 N–H and O–H groups in total. The molecule has 2 aromatic carbocycles. The molecule has 1 unspecified atom stereocenters. The van der Waals surface area contributed by atoms with Gasteiger partial charge in [-0.05, 0) is 43.2 Å². The third kappa shape index (κ3) is 5.96. The van der Waals surface area contributed by atoms with Crippen LogP contribution < -0.4 is 15.5 Å². The number of amides is 1. The average Bonchev–Trinajstić information content (AvgIpc) is 3.01. The highest BCUT2D eigenvalue weighted by molar-refractivity contribution is 5.94. The van der Waals surface area contributed by atoms with Crippen LogP contribution in [0.1, 0.15) is 35.7 Å². The summed E-state index contributed by atoms with van der Waals surface area (Å²) >= 11 is 0. The maximum absolute atomic E-state index is 12.4. The van der Waals surface area contributed by atoms with E-state index in [1.165, 1.54) is 0 Å². The van der Waals surface area contributed by atoms with E-state index in [0.717, 1.165) is 47.6 Å². The van der Waals surface area contributed by atoms with E-state index in [9.17, 15) is 4.79 Å². The lowest BCUT2D eigenvalue weighted by molar-refractivity contribution is 0.0941. The van der Waals surface area contributed by atoms with Crippen LogP contribution >= 0.6 is 0 Å². The fraction of sp³-hybridized carbons (Fsp3) is 0.370. The molecule has 8 heteroatoms. The van der Waals surface area contributed by atoms with Crippen LogP contribution in [0.25, 0.3) is 11.3 Å². The van der Waals surface area contributed by atoms with Crippen molar-refractivity contribution in [1.82, 2.24) is 15.3 Å². The second-order valence-corrected chi connectivity index (χ2v) is 8.51. The number of methoxy groups -OCH3 is 1. The molecule has 2 heterocycles. The first-order valence-electron chi connectivity index (χ1n) is 12.0. The lowest BCUT2D eigenvalue weighted by Crippen LogP contribution is -2.34. The van der Waals surface area contributed by atoms with E-state index in [4.69, 9.17) is 14.5 Å². The van der Waals surface area contributed by atoms with Crippen molar-refractivity contribution >= 4 is 23.2 Å². The first-order chi connectivity index (χ1) is 17.1. The van der Waals surface area contributed by atoms with E-state index in [1.54, 1.807) is 19.2 Å². The van der Waals surface area contributed by atoms with Gasteiger partial charge in [0.2, 0.25) is 5.95 Å². The first kappa shape index (κ1) is 24.6. The van der Waals surface area contributed by atoms with E-state index < -0.39 is 0 Å². The van der Waals surface area contributed by atoms with Gasteiger partial charge in [-0.15, -0.1) is 0 Å². The minimum atomic E-state index is -0.0956. The van der Waals surface area contributed by atoms with Crippen molar-refractivity contribution in [2.45, 2.75) is 32.4 Å². The van der Waals surface area contributed by atoms with Gasteiger partial charge in [0.25, 0.3) is 5.91 Å². The van der Waals surface area contributed by atoms with Crippen LogP contribution in [0, 0.1) is 0 Å². The van der Waals surface area contributed by atoms with Crippen LogP contribution in [0.2, 0.25) is 0 Å². The third-order valence-corrected chi connectivity index (χ3v) is 6.00. The summed E-state index contributed by atoms with van der Waals surface area (Å²) in [6.07, 6.45) is 4.25. The van der Waals surface area contributed by atoms with Gasteiger partial charge in [0.1, 0.15) is 6.23 Å². The lowest BCUT2D eigenvalue weighted by Gasteiger charge is -2.27. The van der Waals surface area contributed by atoms with Crippen LogP contribution in [0.4, 0.5) is 17.3 Å². The molecule has 3 aromatic rings. The van der Waals surface area contributed by atoms with Crippen molar-refractivity contribution < 1.29 is 14.3 Å². The molecule has 184 valence electrons. The van der Waals surface area contributed by atoms with E-state index in [2.05, 4.69) is 39.6 Å². The number of benzene rings is 2. The maximum Gasteiger partial charge on any atom is 0.251 e. The minimum absolute atomic E-state index is 0.0950. The summed E-state index contributed by atoms with van der Waals surface area (Å²) in [4.78, 5) is 23.9. The molecule has 1 atom stereocenters. The number of para-hydroxylation sites is 1. The number of carbonyl (C=O) groups is 1. The summed E-state index contributed by atoms with van der Waals surface area (Å²) in [5.74, 6) is 0.406.